The van der Waals surface area contributed by atoms with E-state index in [2.05, 4.69) is 33.5 Å². The second kappa shape index (κ2) is 5.70. The Hall–Kier alpha value is -2.34. The molecule has 2 saturated heterocycles. The number of hydrogen-bond acceptors (Lipinski definition) is 3. The van der Waals surface area contributed by atoms with E-state index in [0.29, 0.717) is 19.0 Å². The summed E-state index contributed by atoms with van der Waals surface area (Å²) in [7, 11) is 0. The minimum absolute atomic E-state index is 0.203. The summed E-state index contributed by atoms with van der Waals surface area (Å²) in [6, 6.07) is 8.29. The lowest BCUT2D eigenvalue weighted by Gasteiger charge is -2.28. The number of fused-ring (bicyclic) bond motifs is 1. The quantitative estimate of drug-likeness (QED) is 0.891. The Bertz CT molecular complexity index is 761. The maximum atomic E-state index is 12.1. The van der Waals surface area contributed by atoms with Gasteiger partial charge in [-0.3, -0.25) is 15.0 Å². The summed E-state index contributed by atoms with van der Waals surface area (Å²) in [5, 5.41) is 6.85. The fourth-order valence-corrected chi connectivity index (χ4v) is 3.60. The molecule has 120 valence electrons. The maximum absolute atomic E-state index is 12.1. The first kappa shape index (κ1) is 14.3. The van der Waals surface area contributed by atoms with Gasteiger partial charge in [-0.15, -0.1) is 0 Å². The molecule has 0 radical (unpaired) electrons. The Kier molecular flexibility index (Phi) is 3.53. The Morgan fingerprint density at radius 1 is 1.09 bits per heavy atom. The van der Waals surface area contributed by atoms with Gasteiger partial charge in [0.05, 0.1) is 11.2 Å². The maximum Gasteiger partial charge on any atom is 0.328 e. The molecule has 6 nitrogen and oxygen atoms in total. The van der Waals surface area contributed by atoms with Crippen LogP contribution in [0.3, 0.4) is 0 Å². The van der Waals surface area contributed by atoms with Crippen LogP contribution in [0.4, 0.5) is 10.5 Å². The first-order valence-corrected chi connectivity index (χ1v) is 8.15. The molecular weight excluding hydrogens is 292 g/mol. The number of benzene rings is 1. The van der Waals surface area contributed by atoms with Crippen molar-refractivity contribution in [3.8, 4) is 0 Å². The number of hydrogen-bond donors (Lipinski definition) is 2. The lowest BCUT2D eigenvalue weighted by atomic mass is 10.1. The van der Waals surface area contributed by atoms with E-state index in [1.54, 1.807) is 4.90 Å². The normalized spacial score (nSPS) is 20.1. The highest BCUT2D eigenvalue weighted by atomic mass is 16.2. The largest absolute Gasteiger partial charge is 0.344 e. The van der Waals surface area contributed by atoms with Crippen molar-refractivity contribution >= 4 is 28.5 Å². The van der Waals surface area contributed by atoms with Crippen molar-refractivity contribution in [2.24, 2.45) is 0 Å². The predicted molar refractivity (Wildman–Crippen MR) is 88.6 cm³/mol. The van der Waals surface area contributed by atoms with Crippen LogP contribution in [0.15, 0.2) is 30.5 Å². The minimum atomic E-state index is -0.330. The number of aromatic nitrogens is 1. The Balaban J connectivity index is 1.73. The van der Waals surface area contributed by atoms with Crippen molar-refractivity contribution in [3.05, 3.63) is 30.5 Å². The molecule has 0 aliphatic carbocycles. The molecule has 2 aliphatic rings. The molecule has 4 rings (SSSR count). The van der Waals surface area contributed by atoms with Gasteiger partial charge in [-0.05, 0) is 44.1 Å². The average Bonchev–Trinajstić information content (AvgIpc) is 3.00. The van der Waals surface area contributed by atoms with Gasteiger partial charge in [-0.2, -0.15) is 0 Å². The van der Waals surface area contributed by atoms with Gasteiger partial charge in [0, 0.05) is 30.6 Å². The van der Waals surface area contributed by atoms with E-state index in [1.807, 2.05) is 12.1 Å². The fraction of sp³-hybridized carbons (Fsp3) is 0.412. The van der Waals surface area contributed by atoms with Crippen molar-refractivity contribution in [1.29, 1.82) is 0 Å². The lowest BCUT2D eigenvalue weighted by molar-refractivity contribution is -0.120. The highest BCUT2D eigenvalue weighted by Crippen LogP contribution is 2.32. The standard InChI is InChI=1S/C17H20N4O2/c22-16-7-11-21(17(23)19-16)15-3-1-2-14-13(15)6-10-20(14)12-4-8-18-9-5-12/h1-3,6,10,12,18H,4-5,7-9,11H2,(H,19,22,23). The zero-order valence-electron chi connectivity index (χ0n) is 12.9. The summed E-state index contributed by atoms with van der Waals surface area (Å²) < 4.78 is 2.33. The molecule has 0 unspecified atom stereocenters. The van der Waals surface area contributed by atoms with Gasteiger partial charge in [-0.1, -0.05) is 6.07 Å². The first-order chi connectivity index (χ1) is 11.2. The number of carbonyl (C=O) groups excluding carboxylic acids is 2. The zero-order valence-corrected chi connectivity index (χ0v) is 12.9. The molecular formula is C17H20N4O2. The van der Waals surface area contributed by atoms with Crippen LogP contribution in [0.5, 0.6) is 0 Å². The van der Waals surface area contributed by atoms with Crippen molar-refractivity contribution in [3.63, 3.8) is 0 Å². The van der Waals surface area contributed by atoms with Crippen LogP contribution < -0.4 is 15.5 Å². The molecule has 3 amide bonds. The van der Waals surface area contributed by atoms with Gasteiger partial charge < -0.3 is 9.88 Å². The molecule has 3 heterocycles. The van der Waals surface area contributed by atoms with Crippen molar-refractivity contribution < 1.29 is 9.59 Å². The Morgan fingerprint density at radius 2 is 1.91 bits per heavy atom. The third-order valence-corrected chi connectivity index (χ3v) is 4.79. The third kappa shape index (κ3) is 2.49. The highest BCUT2D eigenvalue weighted by molar-refractivity contribution is 6.09. The molecule has 1 aromatic carbocycles. The van der Waals surface area contributed by atoms with Crippen LogP contribution in [0.1, 0.15) is 25.3 Å². The summed E-state index contributed by atoms with van der Waals surface area (Å²) in [6.45, 7) is 2.52. The second-order valence-corrected chi connectivity index (χ2v) is 6.17. The predicted octanol–water partition coefficient (Wildman–Crippen LogP) is 2.01. The van der Waals surface area contributed by atoms with E-state index in [-0.39, 0.29) is 11.9 Å². The van der Waals surface area contributed by atoms with Crippen molar-refractivity contribution in [2.45, 2.75) is 25.3 Å². The number of urea groups is 1. The number of amides is 3. The topological polar surface area (TPSA) is 66.4 Å². The first-order valence-electron chi connectivity index (χ1n) is 8.15. The van der Waals surface area contributed by atoms with E-state index in [9.17, 15) is 9.59 Å². The SMILES string of the molecule is O=C1CCN(c2cccc3c2ccn3C2CCNCC2)C(=O)N1. The summed E-state index contributed by atoms with van der Waals surface area (Å²) >= 11 is 0. The van der Waals surface area contributed by atoms with Gasteiger partial charge in [0.15, 0.2) is 0 Å². The van der Waals surface area contributed by atoms with Crippen LogP contribution >= 0.6 is 0 Å². The number of anilines is 1. The van der Waals surface area contributed by atoms with Crippen molar-refractivity contribution in [2.75, 3.05) is 24.5 Å². The van der Waals surface area contributed by atoms with E-state index in [4.69, 9.17) is 0 Å². The smallest absolute Gasteiger partial charge is 0.328 e. The van der Waals surface area contributed by atoms with Gasteiger partial charge in [-0.25, -0.2) is 4.79 Å². The summed E-state index contributed by atoms with van der Waals surface area (Å²) in [4.78, 5) is 25.2. The molecule has 0 saturated carbocycles. The van der Waals surface area contributed by atoms with Gasteiger partial charge >= 0.3 is 6.03 Å². The van der Waals surface area contributed by atoms with Crippen LogP contribution in [-0.2, 0) is 4.79 Å². The monoisotopic (exact) mass is 312 g/mol. The van der Waals surface area contributed by atoms with E-state index >= 15 is 0 Å². The summed E-state index contributed by atoms with van der Waals surface area (Å²) in [5.74, 6) is -0.203. The van der Waals surface area contributed by atoms with Crippen LogP contribution in [0, 0.1) is 0 Å². The molecule has 1 aromatic heterocycles. The molecule has 23 heavy (non-hydrogen) atoms. The van der Waals surface area contributed by atoms with E-state index < -0.39 is 0 Å². The van der Waals surface area contributed by atoms with Gasteiger partial charge in [0.25, 0.3) is 0 Å². The zero-order chi connectivity index (χ0) is 15.8. The fourth-order valence-electron chi connectivity index (χ4n) is 3.60. The van der Waals surface area contributed by atoms with Crippen LogP contribution in [0.25, 0.3) is 10.9 Å². The molecule has 0 bridgehead atoms. The van der Waals surface area contributed by atoms with Crippen molar-refractivity contribution in [1.82, 2.24) is 15.2 Å². The Morgan fingerprint density at radius 3 is 2.70 bits per heavy atom. The third-order valence-electron chi connectivity index (χ3n) is 4.79. The summed E-state index contributed by atoms with van der Waals surface area (Å²) in [6.07, 6.45) is 4.70. The van der Waals surface area contributed by atoms with Crippen LogP contribution in [-0.4, -0.2) is 36.1 Å². The number of piperidine rings is 1. The minimum Gasteiger partial charge on any atom is -0.344 e. The number of rotatable bonds is 2. The van der Waals surface area contributed by atoms with E-state index in [0.717, 1.165) is 42.5 Å². The molecule has 2 aromatic rings. The molecule has 0 atom stereocenters. The average molecular weight is 312 g/mol. The van der Waals surface area contributed by atoms with E-state index in [1.165, 1.54) is 0 Å². The number of nitrogens with one attached hydrogen (secondary N) is 2. The highest BCUT2D eigenvalue weighted by Gasteiger charge is 2.26. The molecule has 6 heteroatoms. The Labute approximate surface area is 134 Å². The second-order valence-electron chi connectivity index (χ2n) is 6.17. The molecule has 2 aliphatic heterocycles. The number of imide groups is 1. The van der Waals surface area contributed by atoms with Crippen LogP contribution in [0.2, 0.25) is 0 Å². The molecule has 2 fully saturated rings. The number of carbonyl (C=O) groups is 2. The van der Waals surface area contributed by atoms with Gasteiger partial charge in [0.2, 0.25) is 5.91 Å². The van der Waals surface area contributed by atoms with Gasteiger partial charge in [0.1, 0.15) is 0 Å². The molecule has 0 spiro atoms. The lowest BCUT2D eigenvalue weighted by Crippen LogP contribution is -2.49. The summed E-state index contributed by atoms with van der Waals surface area (Å²) in [5.41, 5.74) is 2.03. The number of nitrogens with zero attached hydrogens (tertiary/aromatic N) is 2. The molecule has 2 N–H and O–H groups in total.